The van der Waals surface area contributed by atoms with Gasteiger partial charge in [0.25, 0.3) is 0 Å². The molecule has 0 spiro atoms. The fraction of sp³-hybridized carbons (Fsp3) is 0.818. The molecule has 3 heteroatoms. The predicted octanol–water partition coefficient (Wildman–Crippen LogP) is 3.32. The number of hydrogen-bond acceptors (Lipinski definition) is 2. The van der Waals surface area contributed by atoms with Crippen molar-refractivity contribution in [2.24, 2.45) is 0 Å². The molecule has 1 heterocycles. The third-order valence-electron chi connectivity index (χ3n) is 1.77. The second-order valence-electron chi connectivity index (χ2n) is 3.71. The van der Waals surface area contributed by atoms with E-state index in [4.69, 9.17) is 0 Å². The molecule has 0 fully saturated rings. The van der Waals surface area contributed by atoms with Gasteiger partial charge in [-0.1, -0.05) is 27.7 Å². The molecule has 1 aromatic heterocycles. The van der Waals surface area contributed by atoms with Crippen molar-refractivity contribution in [2.75, 3.05) is 0 Å². The molecule has 1 rings (SSSR count). The van der Waals surface area contributed by atoms with Gasteiger partial charge in [-0.05, 0) is 20.8 Å². The normalized spacial score (nSPS) is 10.4. The minimum atomic E-state index is 0.406. The van der Waals surface area contributed by atoms with Crippen LogP contribution < -0.4 is 0 Å². The molecule has 0 aliphatic carbocycles. The van der Waals surface area contributed by atoms with Crippen LogP contribution in [0.25, 0.3) is 0 Å². The molecule has 0 radical (unpaired) electrons. The first-order chi connectivity index (χ1) is 6.52. The molecule has 0 aliphatic heterocycles. The lowest BCUT2D eigenvalue weighted by Crippen LogP contribution is -2.09. The Hall–Kier alpha value is -0.860. The summed E-state index contributed by atoms with van der Waals surface area (Å²) in [7, 11) is 0. The van der Waals surface area contributed by atoms with Crippen molar-refractivity contribution in [1.29, 1.82) is 0 Å². The highest BCUT2D eigenvalue weighted by Crippen LogP contribution is 2.15. The maximum atomic E-state index is 4.38. The maximum absolute atomic E-state index is 4.38. The Bertz CT molecular complexity index is 236. The summed E-state index contributed by atoms with van der Waals surface area (Å²) >= 11 is 0. The molecule has 0 atom stereocenters. The van der Waals surface area contributed by atoms with Crippen molar-refractivity contribution in [3.8, 4) is 0 Å². The molecule has 0 saturated carbocycles. The first kappa shape index (κ1) is 13.1. The Morgan fingerprint density at radius 3 is 1.86 bits per heavy atom. The summed E-state index contributed by atoms with van der Waals surface area (Å²) < 4.78 is 2.00. The van der Waals surface area contributed by atoms with Gasteiger partial charge in [0.1, 0.15) is 11.6 Å². The zero-order valence-electron chi connectivity index (χ0n) is 10.5. The number of rotatable bonds is 2. The topological polar surface area (TPSA) is 30.7 Å². The molecule has 82 valence electrons. The lowest BCUT2D eigenvalue weighted by atomic mass is 10.2. The van der Waals surface area contributed by atoms with Crippen molar-refractivity contribution in [1.82, 2.24) is 14.8 Å². The second kappa shape index (κ2) is 5.78. The average molecular weight is 197 g/mol. The summed E-state index contributed by atoms with van der Waals surface area (Å²) in [5.41, 5.74) is 0. The second-order valence-corrected chi connectivity index (χ2v) is 3.71. The molecule has 1 aromatic rings. The van der Waals surface area contributed by atoms with Gasteiger partial charge in [-0.2, -0.15) is 5.10 Å². The summed E-state index contributed by atoms with van der Waals surface area (Å²) in [4.78, 5) is 4.38. The van der Waals surface area contributed by atoms with Gasteiger partial charge in [0.15, 0.2) is 0 Å². The van der Waals surface area contributed by atoms with Crippen LogP contribution in [-0.2, 0) is 0 Å². The zero-order chi connectivity index (χ0) is 11.3. The van der Waals surface area contributed by atoms with Crippen LogP contribution in [0.5, 0.6) is 0 Å². The average Bonchev–Trinajstić information content (AvgIpc) is 2.51. The van der Waals surface area contributed by atoms with Crippen molar-refractivity contribution in [3.05, 3.63) is 11.6 Å². The standard InChI is InChI=1S/C9H17N3.C2H6/c1-6(2)9-10-8(5)11-12(9)7(3)4;1-2/h6-7H,1-5H3;1-2H3. The van der Waals surface area contributed by atoms with Crippen LogP contribution in [0.4, 0.5) is 0 Å². The van der Waals surface area contributed by atoms with E-state index in [1.165, 1.54) is 0 Å². The van der Waals surface area contributed by atoms with Crippen LogP contribution in [0.2, 0.25) is 0 Å². The van der Waals surface area contributed by atoms with Crippen LogP contribution in [0.1, 0.15) is 65.2 Å². The molecular weight excluding hydrogens is 174 g/mol. The smallest absolute Gasteiger partial charge is 0.147 e. The molecule has 0 unspecified atom stereocenters. The third-order valence-corrected chi connectivity index (χ3v) is 1.77. The lowest BCUT2D eigenvalue weighted by molar-refractivity contribution is 0.491. The molecular formula is C11H23N3. The summed E-state index contributed by atoms with van der Waals surface area (Å²) in [6.07, 6.45) is 0. The number of nitrogens with zero attached hydrogens (tertiary/aromatic N) is 3. The minimum absolute atomic E-state index is 0.406. The number of aromatic nitrogens is 3. The lowest BCUT2D eigenvalue weighted by Gasteiger charge is -2.10. The van der Waals surface area contributed by atoms with Crippen LogP contribution in [0, 0.1) is 6.92 Å². The third kappa shape index (κ3) is 3.13. The van der Waals surface area contributed by atoms with Gasteiger partial charge in [0.2, 0.25) is 0 Å². The van der Waals surface area contributed by atoms with Gasteiger partial charge < -0.3 is 0 Å². The molecule has 14 heavy (non-hydrogen) atoms. The van der Waals surface area contributed by atoms with Crippen LogP contribution >= 0.6 is 0 Å². The van der Waals surface area contributed by atoms with E-state index in [1.54, 1.807) is 0 Å². The fourth-order valence-corrected chi connectivity index (χ4v) is 1.22. The quantitative estimate of drug-likeness (QED) is 0.728. The van der Waals surface area contributed by atoms with Gasteiger partial charge in [-0.3, -0.25) is 0 Å². The highest BCUT2D eigenvalue weighted by atomic mass is 15.4. The Labute approximate surface area is 87.5 Å². The maximum Gasteiger partial charge on any atom is 0.147 e. The molecule has 0 N–H and O–H groups in total. The van der Waals surface area contributed by atoms with Crippen molar-refractivity contribution in [3.63, 3.8) is 0 Å². The Kier molecular flexibility index (Phi) is 5.43. The first-order valence-electron chi connectivity index (χ1n) is 5.45. The van der Waals surface area contributed by atoms with E-state index in [2.05, 4.69) is 37.8 Å². The van der Waals surface area contributed by atoms with E-state index >= 15 is 0 Å². The monoisotopic (exact) mass is 197 g/mol. The summed E-state index contributed by atoms with van der Waals surface area (Å²) in [6.45, 7) is 14.5. The summed E-state index contributed by atoms with van der Waals surface area (Å²) in [5.74, 6) is 2.41. The van der Waals surface area contributed by atoms with E-state index in [9.17, 15) is 0 Å². The molecule has 0 aromatic carbocycles. The van der Waals surface area contributed by atoms with E-state index < -0.39 is 0 Å². The highest BCUT2D eigenvalue weighted by molar-refractivity contribution is 4.97. The fourth-order valence-electron chi connectivity index (χ4n) is 1.22. The Balaban J connectivity index is 0.000000791. The van der Waals surface area contributed by atoms with Crippen LogP contribution in [0.15, 0.2) is 0 Å². The van der Waals surface area contributed by atoms with Gasteiger partial charge in [-0.15, -0.1) is 0 Å². The van der Waals surface area contributed by atoms with Crippen molar-refractivity contribution < 1.29 is 0 Å². The summed E-state index contributed by atoms with van der Waals surface area (Å²) in [5, 5.41) is 4.34. The van der Waals surface area contributed by atoms with E-state index in [0.29, 0.717) is 12.0 Å². The summed E-state index contributed by atoms with van der Waals surface area (Å²) in [6, 6.07) is 0.406. The predicted molar refractivity (Wildman–Crippen MR) is 60.6 cm³/mol. The number of hydrogen-bond donors (Lipinski definition) is 0. The van der Waals surface area contributed by atoms with Crippen LogP contribution in [-0.4, -0.2) is 14.8 Å². The molecule has 0 amide bonds. The highest BCUT2D eigenvalue weighted by Gasteiger charge is 2.12. The van der Waals surface area contributed by atoms with E-state index in [1.807, 2.05) is 25.5 Å². The minimum Gasteiger partial charge on any atom is -0.247 e. The van der Waals surface area contributed by atoms with Crippen LogP contribution in [0.3, 0.4) is 0 Å². The number of aryl methyl sites for hydroxylation is 1. The molecule has 0 saturated heterocycles. The SMILES string of the molecule is CC.Cc1nc(C(C)C)n(C(C)C)n1. The van der Waals surface area contributed by atoms with Crippen molar-refractivity contribution >= 4 is 0 Å². The van der Waals surface area contributed by atoms with E-state index in [-0.39, 0.29) is 0 Å². The first-order valence-corrected chi connectivity index (χ1v) is 5.45. The van der Waals surface area contributed by atoms with Gasteiger partial charge >= 0.3 is 0 Å². The molecule has 3 nitrogen and oxygen atoms in total. The molecule has 0 bridgehead atoms. The van der Waals surface area contributed by atoms with E-state index in [0.717, 1.165) is 11.6 Å². The Morgan fingerprint density at radius 1 is 1.07 bits per heavy atom. The van der Waals surface area contributed by atoms with Gasteiger partial charge in [0.05, 0.1) is 0 Å². The molecule has 0 aliphatic rings. The zero-order valence-corrected chi connectivity index (χ0v) is 10.5. The Morgan fingerprint density at radius 2 is 1.57 bits per heavy atom. The van der Waals surface area contributed by atoms with Crippen molar-refractivity contribution in [2.45, 2.75) is 60.4 Å². The largest absolute Gasteiger partial charge is 0.247 e. The van der Waals surface area contributed by atoms with Gasteiger partial charge in [0, 0.05) is 12.0 Å². The van der Waals surface area contributed by atoms with Gasteiger partial charge in [-0.25, -0.2) is 9.67 Å².